The molecule has 2 fully saturated rings. The zero-order valence-corrected chi connectivity index (χ0v) is 22.0. The highest BCUT2D eigenvalue weighted by molar-refractivity contribution is 6.76. The Morgan fingerprint density at radius 1 is 1.26 bits per heavy atom. The van der Waals surface area contributed by atoms with Crippen LogP contribution >= 0.6 is 0 Å². The van der Waals surface area contributed by atoms with Crippen LogP contribution in [-0.4, -0.2) is 73.2 Å². The first-order chi connectivity index (χ1) is 16.2. The molecule has 0 bridgehead atoms. The van der Waals surface area contributed by atoms with Crippen molar-refractivity contribution in [2.75, 3.05) is 38.7 Å². The number of ether oxygens (including phenoxy) is 2. The first-order valence-electron chi connectivity index (χ1n) is 12.5. The average Bonchev–Trinajstić information content (AvgIpc) is 3.57. The molecule has 1 saturated carbocycles. The van der Waals surface area contributed by atoms with E-state index >= 15 is 0 Å². The Kier molecular flexibility index (Phi) is 7.84. The molecule has 1 aliphatic heterocycles. The fourth-order valence-electron chi connectivity index (χ4n) is 4.82. The summed E-state index contributed by atoms with van der Waals surface area (Å²) in [5.41, 5.74) is 3.24. The molecule has 3 heterocycles. The summed E-state index contributed by atoms with van der Waals surface area (Å²) in [7, 11) is 0.651. The smallest absolute Gasteiger partial charge is 0.407 e. The summed E-state index contributed by atoms with van der Waals surface area (Å²) in [6, 6.07) is 3.61. The van der Waals surface area contributed by atoms with Crippen molar-refractivity contribution in [3.8, 4) is 0 Å². The fourth-order valence-corrected chi connectivity index (χ4v) is 5.58. The Morgan fingerprint density at radius 2 is 2.00 bits per heavy atom. The minimum Gasteiger partial charge on any atom is -0.465 e. The van der Waals surface area contributed by atoms with Crippen LogP contribution in [0.1, 0.15) is 37.2 Å². The molecule has 2 aliphatic rings. The predicted octanol–water partition coefficient (Wildman–Crippen LogP) is 5.04. The molecule has 34 heavy (non-hydrogen) atoms. The van der Waals surface area contributed by atoms with Crippen molar-refractivity contribution in [2.24, 2.45) is 5.92 Å². The summed E-state index contributed by atoms with van der Waals surface area (Å²) < 4.78 is 13.8. The zero-order chi connectivity index (χ0) is 24.3. The van der Waals surface area contributed by atoms with Crippen LogP contribution in [0, 0.1) is 5.92 Å². The largest absolute Gasteiger partial charge is 0.465 e. The summed E-state index contributed by atoms with van der Waals surface area (Å²) >= 11 is 0. The van der Waals surface area contributed by atoms with Crippen LogP contribution in [0.15, 0.2) is 18.5 Å². The summed E-state index contributed by atoms with van der Waals surface area (Å²) in [6.07, 6.45) is 7.40. The summed E-state index contributed by atoms with van der Waals surface area (Å²) in [6.45, 7) is 10.2. The minimum atomic E-state index is -1.13. The van der Waals surface area contributed by atoms with Gasteiger partial charge in [0.1, 0.15) is 12.4 Å². The quantitative estimate of drug-likeness (QED) is 0.340. The second kappa shape index (κ2) is 10.7. The number of carboxylic acid groups (broad SMARTS) is 1. The van der Waals surface area contributed by atoms with Crippen molar-refractivity contribution in [3.63, 3.8) is 0 Å². The molecule has 4 rings (SSSR count). The Labute approximate surface area is 203 Å². The molecule has 2 aromatic rings. The number of anilines is 1. The van der Waals surface area contributed by atoms with Gasteiger partial charge < -0.3 is 29.4 Å². The molecule has 1 atom stereocenters. The number of hydrogen-bond donors (Lipinski definition) is 2. The number of hydrogen-bond acceptors (Lipinski definition) is 5. The van der Waals surface area contributed by atoms with Crippen molar-refractivity contribution in [1.29, 1.82) is 0 Å². The monoisotopic (exact) mass is 488 g/mol. The van der Waals surface area contributed by atoms with Gasteiger partial charge in [-0.2, -0.15) is 0 Å². The lowest BCUT2D eigenvalue weighted by Gasteiger charge is -2.31. The van der Waals surface area contributed by atoms with Gasteiger partial charge in [-0.05, 0) is 49.3 Å². The molecule has 8 nitrogen and oxygen atoms in total. The van der Waals surface area contributed by atoms with Gasteiger partial charge in [0.05, 0.1) is 18.5 Å². The van der Waals surface area contributed by atoms with Crippen molar-refractivity contribution in [1.82, 2.24) is 14.5 Å². The number of pyridine rings is 1. The minimum absolute atomic E-state index is 0.253. The number of nitrogens with one attached hydrogen (secondary N) is 1. The van der Waals surface area contributed by atoms with Gasteiger partial charge in [0.25, 0.3) is 0 Å². The van der Waals surface area contributed by atoms with Crippen molar-refractivity contribution < 1.29 is 19.4 Å². The van der Waals surface area contributed by atoms with E-state index in [4.69, 9.17) is 14.5 Å². The van der Waals surface area contributed by atoms with E-state index in [1.165, 1.54) is 23.3 Å². The molecule has 0 spiro atoms. The maximum Gasteiger partial charge on any atom is 0.407 e. The molecule has 2 N–H and O–H groups in total. The summed E-state index contributed by atoms with van der Waals surface area (Å²) in [4.78, 5) is 17.5. The molecular weight excluding hydrogens is 448 g/mol. The number of aromatic nitrogens is 2. The number of piperidine rings is 1. The number of fused-ring (bicyclic) bond motifs is 1. The van der Waals surface area contributed by atoms with Crippen LogP contribution in [0.5, 0.6) is 0 Å². The number of carbonyl (C=O) groups is 1. The van der Waals surface area contributed by atoms with Gasteiger partial charge in [-0.1, -0.05) is 19.6 Å². The number of nitrogens with zero attached hydrogens (tertiary/aromatic N) is 3. The molecule has 1 unspecified atom stereocenters. The van der Waals surface area contributed by atoms with Gasteiger partial charge in [-0.25, -0.2) is 9.78 Å². The first-order valence-corrected chi connectivity index (χ1v) is 16.3. The Morgan fingerprint density at radius 3 is 2.62 bits per heavy atom. The normalized spacial score (nSPS) is 18.4. The predicted molar refractivity (Wildman–Crippen MR) is 137 cm³/mol. The standard InChI is InChI=1S/C25H40N4O4Si/c1-32-16-23(18-5-6-18)22-15-29(17-33-11-12-34(2,3)4)24-21(22)13-20(14-26-24)27-19-7-9-28(10-8-19)25(30)31/h13-15,18-19,23,27H,5-12,16-17H2,1-4H3,(H,30,31). The number of likely N-dealkylation sites (tertiary alicyclic amines) is 1. The van der Waals surface area contributed by atoms with Gasteiger partial charge >= 0.3 is 6.09 Å². The molecule has 188 valence electrons. The first kappa shape index (κ1) is 25.0. The molecule has 0 aromatic carbocycles. The van der Waals surface area contributed by atoms with Crippen LogP contribution in [-0.2, 0) is 16.2 Å². The van der Waals surface area contributed by atoms with E-state index in [0.717, 1.165) is 42.2 Å². The van der Waals surface area contributed by atoms with Crippen LogP contribution in [0.25, 0.3) is 11.0 Å². The van der Waals surface area contributed by atoms with Crippen LogP contribution in [0.2, 0.25) is 25.7 Å². The zero-order valence-electron chi connectivity index (χ0n) is 21.0. The van der Waals surface area contributed by atoms with E-state index in [1.54, 1.807) is 7.11 Å². The molecule has 1 aliphatic carbocycles. The Bertz CT molecular complexity index is 977. The summed E-state index contributed by atoms with van der Waals surface area (Å²) in [5.74, 6) is 1.04. The van der Waals surface area contributed by atoms with Gasteiger partial charge in [-0.15, -0.1) is 0 Å². The second-order valence-electron chi connectivity index (χ2n) is 11.1. The number of amides is 1. The third-order valence-electron chi connectivity index (χ3n) is 7.04. The van der Waals surface area contributed by atoms with Crippen molar-refractivity contribution in [3.05, 3.63) is 24.0 Å². The van der Waals surface area contributed by atoms with Gasteiger partial charge in [0, 0.05) is 58.4 Å². The van der Waals surface area contributed by atoms with Gasteiger partial charge in [0.2, 0.25) is 0 Å². The number of rotatable bonds is 11. The Hall–Kier alpha value is -2.10. The van der Waals surface area contributed by atoms with E-state index in [9.17, 15) is 9.90 Å². The third kappa shape index (κ3) is 6.31. The molecule has 1 amide bonds. The molecule has 2 aromatic heterocycles. The van der Waals surface area contributed by atoms with E-state index in [2.05, 4.69) is 41.8 Å². The van der Waals surface area contributed by atoms with E-state index in [0.29, 0.717) is 38.3 Å². The highest BCUT2D eigenvalue weighted by Gasteiger charge is 2.34. The molecule has 1 saturated heterocycles. The van der Waals surface area contributed by atoms with Gasteiger partial charge in [0.15, 0.2) is 0 Å². The molecule has 9 heteroatoms. The lowest BCUT2D eigenvalue weighted by Crippen LogP contribution is -2.41. The maximum absolute atomic E-state index is 11.2. The SMILES string of the molecule is COCC(c1cn(COCC[Si](C)(C)C)c2ncc(NC3CCN(C(=O)O)CC3)cc12)C1CC1. The lowest BCUT2D eigenvalue weighted by molar-refractivity contribution is 0.0896. The highest BCUT2D eigenvalue weighted by atomic mass is 28.3. The van der Waals surface area contributed by atoms with Crippen molar-refractivity contribution >= 4 is 30.9 Å². The number of methoxy groups -OCH3 is 1. The summed E-state index contributed by atoms with van der Waals surface area (Å²) in [5, 5.41) is 14.0. The average molecular weight is 489 g/mol. The third-order valence-corrected chi connectivity index (χ3v) is 8.75. The van der Waals surface area contributed by atoms with E-state index in [-0.39, 0.29) is 6.04 Å². The highest BCUT2D eigenvalue weighted by Crippen LogP contribution is 2.45. The molecule has 0 radical (unpaired) electrons. The maximum atomic E-state index is 11.2. The molecular formula is C25H40N4O4Si. The van der Waals surface area contributed by atoms with E-state index in [1.807, 2.05) is 6.20 Å². The fraction of sp³-hybridized carbons (Fsp3) is 0.680. The van der Waals surface area contributed by atoms with Crippen molar-refractivity contribution in [2.45, 2.75) is 70.1 Å². The van der Waals surface area contributed by atoms with Crippen LogP contribution < -0.4 is 5.32 Å². The van der Waals surface area contributed by atoms with Gasteiger partial charge in [-0.3, -0.25) is 0 Å². The second-order valence-corrected chi connectivity index (χ2v) is 16.7. The Balaban J connectivity index is 1.53. The lowest BCUT2D eigenvalue weighted by atomic mass is 9.95. The van der Waals surface area contributed by atoms with Crippen LogP contribution in [0.3, 0.4) is 0 Å². The van der Waals surface area contributed by atoms with E-state index < -0.39 is 14.2 Å². The topological polar surface area (TPSA) is 88.9 Å². The van der Waals surface area contributed by atoms with Crippen LogP contribution in [0.4, 0.5) is 10.5 Å².